The molecule has 2 fully saturated rings. The van der Waals surface area contributed by atoms with Crippen molar-refractivity contribution in [1.82, 2.24) is 9.80 Å². The lowest BCUT2D eigenvalue weighted by molar-refractivity contribution is -0.122. The third kappa shape index (κ3) is 2.47. The highest BCUT2D eigenvalue weighted by Crippen LogP contribution is 2.26. The lowest BCUT2D eigenvalue weighted by Crippen LogP contribution is -2.27. The zero-order chi connectivity index (χ0) is 12.4. The quantitative estimate of drug-likeness (QED) is 0.561. The van der Waals surface area contributed by atoms with Crippen LogP contribution in [0.25, 0.3) is 0 Å². The van der Waals surface area contributed by atoms with Gasteiger partial charge in [0.2, 0.25) is 0 Å². The van der Waals surface area contributed by atoms with Gasteiger partial charge in [-0.2, -0.15) is 0 Å². The van der Waals surface area contributed by atoms with Gasteiger partial charge in [0.1, 0.15) is 0 Å². The van der Waals surface area contributed by atoms with Crippen molar-refractivity contribution in [3.8, 4) is 0 Å². The van der Waals surface area contributed by atoms with Crippen molar-refractivity contribution in [3.05, 3.63) is 22.9 Å². The molecule has 0 radical (unpaired) electrons. The average Bonchev–Trinajstić information content (AvgIpc) is 2.81. The van der Waals surface area contributed by atoms with E-state index in [9.17, 15) is 4.79 Å². The summed E-state index contributed by atoms with van der Waals surface area (Å²) in [4.78, 5) is 15.4. The number of nitrogens with zero attached hydrogens (tertiary/aromatic N) is 2. The van der Waals surface area contributed by atoms with Crippen molar-refractivity contribution in [2.75, 3.05) is 25.9 Å². The molecular weight excluding hydrogens is 256 g/mol. The molecule has 2 heterocycles. The maximum Gasteiger partial charge on any atom is 0.297 e. The van der Waals surface area contributed by atoms with Gasteiger partial charge in [-0.05, 0) is 31.3 Å². The molecule has 0 aromatic carbocycles. The van der Waals surface area contributed by atoms with Crippen molar-refractivity contribution in [2.45, 2.75) is 6.92 Å². The number of thioether (sulfide) groups is 1. The van der Waals surface area contributed by atoms with E-state index in [1.807, 2.05) is 20.0 Å². The largest absolute Gasteiger partial charge is 0.426 e. The second kappa shape index (κ2) is 5.10. The van der Waals surface area contributed by atoms with Crippen LogP contribution in [0.5, 0.6) is 0 Å². The van der Waals surface area contributed by atoms with E-state index in [0.717, 1.165) is 17.3 Å². The van der Waals surface area contributed by atoms with Crippen LogP contribution in [0, 0.1) is 0 Å². The average molecular weight is 270 g/mol. The molecule has 0 aliphatic carbocycles. The molecular formula is C11H14N2O2S2. The molecule has 2 saturated heterocycles. The summed E-state index contributed by atoms with van der Waals surface area (Å²) < 4.78 is 5.27. The van der Waals surface area contributed by atoms with E-state index in [2.05, 4.69) is 4.90 Å². The smallest absolute Gasteiger partial charge is 0.297 e. The number of carbonyl (C=O) groups excluding carboxylic acids is 1. The van der Waals surface area contributed by atoms with Gasteiger partial charge in [0.15, 0.2) is 5.76 Å². The molecule has 1 amide bonds. The third-order valence-electron chi connectivity index (χ3n) is 2.62. The Morgan fingerprint density at radius 3 is 2.82 bits per heavy atom. The Labute approximate surface area is 110 Å². The number of likely N-dealkylation sites (N-methyl/N-ethyl adjacent to an activating group) is 1. The van der Waals surface area contributed by atoms with E-state index in [0.29, 0.717) is 12.3 Å². The highest BCUT2D eigenvalue weighted by molar-refractivity contribution is 8.03. The number of hydrogen-bond donors (Lipinski definition) is 0. The van der Waals surface area contributed by atoms with Crippen molar-refractivity contribution in [2.24, 2.45) is 0 Å². The summed E-state index contributed by atoms with van der Waals surface area (Å²) >= 11 is 6.74. The third-order valence-corrected chi connectivity index (χ3v) is 4.05. The van der Waals surface area contributed by atoms with Crippen LogP contribution in [-0.4, -0.2) is 46.8 Å². The standard InChI is InChI=1S/C11H14N2O2S2/c1-3-13-10(14)8(15-11(13)16)4-5-9-12(2)6-7-17-9/h4-5H,3,6-7H2,1-2H3/b8-4+,9-5+. The van der Waals surface area contributed by atoms with Crippen LogP contribution in [0.3, 0.4) is 0 Å². The van der Waals surface area contributed by atoms with Gasteiger partial charge >= 0.3 is 0 Å². The fraction of sp³-hybridized carbons (Fsp3) is 0.455. The zero-order valence-electron chi connectivity index (χ0n) is 9.80. The first-order chi connectivity index (χ1) is 8.13. The van der Waals surface area contributed by atoms with E-state index in [1.165, 1.54) is 4.90 Å². The molecule has 0 spiro atoms. The SMILES string of the molecule is CCN1C(=O)/C(=C\C=C2\SCCN2C)OC1=S. The summed E-state index contributed by atoms with van der Waals surface area (Å²) in [6, 6.07) is 0. The topological polar surface area (TPSA) is 32.8 Å². The summed E-state index contributed by atoms with van der Waals surface area (Å²) in [6.45, 7) is 3.45. The summed E-state index contributed by atoms with van der Waals surface area (Å²) in [5.41, 5.74) is 0. The second-order valence-electron chi connectivity index (χ2n) is 3.72. The second-order valence-corrected chi connectivity index (χ2v) is 5.19. The van der Waals surface area contributed by atoms with Crippen LogP contribution in [0.2, 0.25) is 0 Å². The van der Waals surface area contributed by atoms with Gasteiger partial charge in [-0.15, -0.1) is 11.8 Å². The van der Waals surface area contributed by atoms with Crippen LogP contribution in [-0.2, 0) is 9.53 Å². The maximum atomic E-state index is 11.8. The predicted octanol–water partition coefficient (Wildman–Crippen LogP) is 1.55. The number of amides is 1. The number of ether oxygens (including phenoxy) is 1. The van der Waals surface area contributed by atoms with E-state index in [-0.39, 0.29) is 11.1 Å². The van der Waals surface area contributed by atoms with Gasteiger partial charge in [-0.3, -0.25) is 9.69 Å². The van der Waals surface area contributed by atoms with Crippen LogP contribution < -0.4 is 0 Å². The molecule has 0 aromatic rings. The first-order valence-electron chi connectivity index (χ1n) is 5.43. The minimum Gasteiger partial charge on any atom is -0.426 e. The summed E-state index contributed by atoms with van der Waals surface area (Å²) in [5.74, 6) is 1.24. The number of allylic oxidation sites excluding steroid dienone is 2. The molecule has 2 aliphatic heterocycles. The van der Waals surface area contributed by atoms with Gasteiger partial charge in [0.25, 0.3) is 11.1 Å². The Kier molecular flexibility index (Phi) is 3.73. The predicted molar refractivity (Wildman–Crippen MR) is 72.3 cm³/mol. The fourth-order valence-corrected chi connectivity index (χ4v) is 2.97. The molecule has 2 rings (SSSR count). The lowest BCUT2D eigenvalue weighted by atomic mass is 10.4. The van der Waals surface area contributed by atoms with Gasteiger partial charge in [0.05, 0.1) is 5.03 Å². The number of rotatable bonds is 2. The van der Waals surface area contributed by atoms with Crippen LogP contribution >= 0.6 is 24.0 Å². The molecule has 6 heteroatoms. The highest BCUT2D eigenvalue weighted by atomic mass is 32.2. The molecule has 17 heavy (non-hydrogen) atoms. The minimum atomic E-state index is -0.153. The van der Waals surface area contributed by atoms with E-state index < -0.39 is 0 Å². The number of carbonyl (C=O) groups is 1. The first kappa shape index (κ1) is 12.4. The van der Waals surface area contributed by atoms with E-state index in [1.54, 1.807) is 17.8 Å². The molecule has 92 valence electrons. The van der Waals surface area contributed by atoms with E-state index in [4.69, 9.17) is 17.0 Å². The van der Waals surface area contributed by atoms with Crippen molar-refractivity contribution in [1.29, 1.82) is 0 Å². The summed E-state index contributed by atoms with van der Waals surface area (Å²) in [6.07, 6.45) is 3.61. The molecule has 0 aromatic heterocycles. The van der Waals surface area contributed by atoms with Gasteiger partial charge in [0, 0.05) is 25.9 Å². The Balaban J connectivity index is 2.13. The van der Waals surface area contributed by atoms with E-state index >= 15 is 0 Å². The Morgan fingerprint density at radius 1 is 1.53 bits per heavy atom. The summed E-state index contributed by atoms with van der Waals surface area (Å²) in [5, 5.41) is 1.39. The molecule has 0 unspecified atom stereocenters. The van der Waals surface area contributed by atoms with Crippen molar-refractivity contribution < 1.29 is 9.53 Å². The molecule has 0 saturated carbocycles. The molecule has 2 aliphatic rings. The van der Waals surface area contributed by atoms with Gasteiger partial charge in [-0.1, -0.05) is 0 Å². The van der Waals surface area contributed by atoms with Crippen LogP contribution in [0.1, 0.15) is 6.92 Å². The zero-order valence-corrected chi connectivity index (χ0v) is 11.4. The molecule has 0 atom stereocenters. The van der Waals surface area contributed by atoms with Crippen molar-refractivity contribution >= 4 is 35.1 Å². The number of thiocarbonyl (C=S) groups is 1. The molecule has 0 N–H and O–H groups in total. The van der Waals surface area contributed by atoms with Crippen molar-refractivity contribution in [3.63, 3.8) is 0 Å². The fourth-order valence-electron chi connectivity index (χ4n) is 1.62. The van der Waals surface area contributed by atoms with Gasteiger partial charge < -0.3 is 9.64 Å². The maximum absolute atomic E-state index is 11.8. The summed E-state index contributed by atoms with van der Waals surface area (Å²) in [7, 11) is 2.03. The highest BCUT2D eigenvalue weighted by Gasteiger charge is 2.31. The molecule has 0 bridgehead atoms. The number of hydrogen-bond acceptors (Lipinski definition) is 5. The Bertz CT molecular complexity index is 418. The molecule has 4 nitrogen and oxygen atoms in total. The first-order valence-corrected chi connectivity index (χ1v) is 6.82. The Morgan fingerprint density at radius 2 is 2.29 bits per heavy atom. The van der Waals surface area contributed by atoms with Gasteiger partial charge in [-0.25, -0.2) is 0 Å². The lowest BCUT2D eigenvalue weighted by Gasteiger charge is -2.09. The normalized spacial score (nSPS) is 25.3. The van der Waals surface area contributed by atoms with Crippen LogP contribution in [0.4, 0.5) is 0 Å². The van der Waals surface area contributed by atoms with Crippen LogP contribution in [0.15, 0.2) is 22.9 Å². The minimum absolute atomic E-state index is 0.153. The monoisotopic (exact) mass is 270 g/mol. The Hall–Kier alpha value is -1.01.